The van der Waals surface area contributed by atoms with Crippen LogP contribution in [0.1, 0.15) is 40.5 Å². The van der Waals surface area contributed by atoms with E-state index in [9.17, 15) is 9.59 Å². The third kappa shape index (κ3) is 4.03. The van der Waals surface area contributed by atoms with Gasteiger partial charge < -0.3 is 9.14 Å². The SMILES string of the molecule is CC(=O)Oc1ccc(-c2ccc(C(=O)c3c(C)c(CCC#N)n4ccccc34)cc2)cc1. The molecular formula is C27H22N2O3. The number of benzene rings is 2. The molecule has 0 bridgehead atoms. The van der Waals surface area contributed by atoms with Gasteiger partial charge in [0.1, 0.15) is 5.75 Å². The lowest BCUT2D eigenvalue weighted by Crippen LogP contribution is -2.03. The zero-order valence-electron chi connectivity index (χ0n) is 18.0. The van der Waals surface area contributed by atoms with E-state index in [1.807, 2.05) is 72.1 Å². The maximum absolute atomic E-state index is 13.4. The highest BCUT2D eigenvalue weighted by Crippen LogP contribution is 2.28. The molecule has 0 atom stereocenters. The Morgan fingerprint density at radius 3 is 2.25 bits per heavy atom. The van der Waals surface area contributed by atoms with E-state index >= 15 is 0 Å². The van der Waals surface area contributed by atoms with Crippen molar-refractivity contribution >= 4 is 17.3 Å². The summed E-state index contributed by atoms with van der Waals surface area (Å²) in [5.41, 5.74) is 5.98. The summed E-state index contributed by atoms with van der Waals surface area (Å²) in [5.74, 6) is 0.104. The number of aromatic nitrogens is 1. The minimum absolute atomic E-state index is 0.0360. The van der Waals surface area contributed by atoms with Gasteiger partial charge in [0.2, 0.25) is 0 Å². The summed E-state index contributed by atoms with van der Waals surface area (Å²) in [6.45, 7) is 3.32. The van der Waals surface area contributed by atoms with Gasteiger partial charge in [-0.25, -0.2) is 0 Å². The molecule has 158 valence electrons. The van der Waals surface area contributed by atoms with E-state index in [0.717, 1.165) is 27.9 Å². The number of ketones is 1. The molecule has 0 unspecified atom stereocenters. The summed E-state index contributed by atoms with van der Waals surface area (Å²) in [7, 11) is 0. The van der Waals surface area contributed by atoms with Gasteiger partial charge in [0.15, 0.2) is 5.78 Å². The number of nitriles is 1. The van der Waals surface area contributed by atoms with Gasteiger partial charge in [0.05, 0.1) is 17.1 Å². The number of ether oxygens (including phenoxy) is 1. The van der Waals surface area contributed by atoms with Gasteiger partial charge in [-0.2, -0.15) is 5.26 Å². The Morgan fingerprint density at radius 1 is 0.969 bits per heavy atom. The fourth-order valence-electron chi connectivity index (χ4n) is 4.01. The number of pyridine rings is 1. The van der Waals surface area contributed by atoms with Gasteiger partial charge in [-0.3, -0.25) is 9.59 Å². The van der Waals surface area contributed by atoms with Crippen LogP contribution >= 0.6 is 0 Å². The first-order valence-corrected chi connectivity index (χ1v) is 10.4. The molecule has 0 spiro atoms. The van der Waals surface area contributed by atoms with Crippen LogP contribution in [0.5, 0.6) is 5.75 Å². The van der Waals surface area contributed by atoms with Crippen LogP contribution < -0.4 is 4.74 Å². The number of fused-ring (bicyclic) bond motifs is 1. The van der Waals surface area contributed by atoms with Crippen LogP contribution in [0.2, 0.25) is 0 Å². The van der Waals surface area contributed by atoms with Crippen molar-refractivity contribution in [2.75, 3.05) is 0 Å². The third-order valence-corrected chi connectivity index (χ3v) is 5.51. The highest BCUT2D eigenvalue weighted by molar-refractivity contribution is 6.14. The first kappa shape index (κ1) is 21.1. The predicted octanol–water partition coefficient (Wildman–Crippen LogP) is 5.53. The van der Waals surface area contributed by atoms with Crippen LogP contribution in [-0.4, -0.2) is 16.2 Å². The summed E-state index contributed by atoms with van der Waals surface area (Å²) in [6, 6.07) is 22.7. The Hall–Kier alpha value is -4.17. The molecule has 0 saturated carbocycles. The Bertz CT molecular complexity index is 1340. The smallest absolute Gasteiger partial charge is 0.308 e. The van der Waals surface area contributed by atoms with Crippen molar-refractivity contribution in [2.24, 2.45) is 0 Å². The van der Waals surface area contributed by atoms with E-state index in [2.05, 4.69) is 6.07 Å². The summed E-state index contributed by atoms with van der Waals surface area (Å²) in [6.07, 6.45) is 2.94. The van der Waals surface area contributed by atoms with Gasteiger partial charge in [-0.05, 0) is 47.9 Å². The number of aryl methyl sites for hydroxylation is 1. The summed E-state index contributed by atoms with van der Waals surface area (Å²) >= 11 is 0. The highest BCUT2D eigenvalue weighted by atomic mass is 16.5. The monoisotopic (exact) mass is 422 g/mol. The van der Waals surface area contributed by atoms with Crippen molar-refractivity contribution in [1.82, 2.24) is 4.40 Å². The molecule has 5 heteroatoms. The van der Waals surface area contributed by atoms with Gasteiger partial charge in [0.25, 0.3) is 0 Å². The standard InChI is InChI=1S/C27H22N2O3/c1-18-24(7-5-16-28)29-17-4-3-6-25(29)26(18)27(31)22-10-8-20(9-11-22)21-12-14-23(15-13-21)32-19(2)30/h3-4,6,8-15,17H,5,7H2,1-2H3. The summed E-state index contributed by atoms with van der Waals surface area (Å²) < 4.78 is 7.09. The zero-order chi connectivity index (χ0) is 22.7. The van der Waals surface area contributed by atoms with Gasteiger partial charge >= 0.3 is 5.97 Å². The van der Waals surface area contributed by atoms with E-state index in [4.69, 9.17) is 10.00 Å². The average Bonchev–Trinajstić information content (AvgIpc) is 3.08. The molecule has 0 aliphatic heterocycles. The van der Waals surface area contributed by atoms with Crippen LogP contribution in [0.4, 0.5) is 0 Å². The van der Waals surface area contributed by atoms with Crippen molar-refractivity contribution in [3.05, 3.63) is 95.3 Å². The second kappa shape index (κ2) is 8.91. The molecule has 4 aromatic rings. The number of esters is 1. The van der Waals surface area contributed by atoms with E-state index in [1.165, 1.54) is 6.92 Å². The molecule has 0 aliphatic rings. The van der Waals surface area contributed by atoms with Crippen LogP contribution in [0.15, 0.2) is 72.9 Å². The highest BCUT2D eigenvalue weighted by Gasteiger charge is 2.21. The number of hydrogen-bond acceptors (Lipinski definition) is 4. The largest absolute Gasteiger partial charge is 0.427 e. The molecule has 0 N–H and O–H groups in total. The lowest BCUT2D eigenvalue weighted by molar-refractivity contribution is -0.131. The zero-order valence-corrected chi connectivity index (χ0v) is 18.0. The fourth-order valence-corrected chi connectivity index (χ4v) is 4.01. The van der Waals surface area contributed by atoms with Gasteiger partial charge in [-0.1, -0.05) is 42.5 Å². The molecule has 2 aromatic carbocycles. The van der Waals surface area contributed by atoms with Crippen molar-refractivity contribution in [3.8, 4) is 22.9 Å². The number of hydrogen-bond donors (Lipinski definition) is 0. The molecule has 32 heavy (non-hydrogen) atoms. The Kier molecular flexibility index (Phi) is 5.87. The third-order valence-electron chi connectivity index (χ3n) is 5.51. The van der Waals surface area contributed by atoms with Crippen LogP contribution in [0, 0.1) is 18.3 Å². The minimum Gasteiger partial charge on any atom is -0.427 e. The number of carbonyl (C=O) groups is 2. The molecule has 4 rings (SSSR count). The summed E-state index contributed by atoms with van der Waals surface area (Å²) in [5, 5.41) is 9.01. The van der Waals surface area contributed by atoms with Crippen molar-refractivity contribution in [3.63, 3.8) is 0 Å². The maximum atomic E-state index is 13.4. The first-order valence-electron chi connectivity index (χ1n) is 10.4. The Morgan fingerprint density at radius 2 is 1.62 bits per heavy atom. The predicted molar refractivity (Wildman–Crippen MR) is 123 cm³/mol. The van der Waals surface area contributed by atoms with Crippen LogP contribution in [0.3, 0.4) is 0 Å². The maximum Gasteiger partial charge on any atom is 0.308 e. The number of rotatable bonds is 6. The quantitative estimate of drug-likeness (QED) is 0.233. The molecule has 0 aliphatic carbocycles. The van der Waals surface area contributed by atoms with E-state index in [1.54, 1.807) is 12.1 Å². The Labute approximate surface area is 186 Å². The van der Waals surface area contributed by atoms with Crippen molar-refractivity contribution < 1.29 is 14.3 Å². The molecule has 2 heterocycles. The molecule has 0 fully saturated rings. The molecule has 5 nitrogen and oxygen atoms in total. The molecule has 0 radical (unpaired) electrons. The van der Waals surface area contributed by atoms with Crippen LogP contribution in [0.25, 0.3) is 16.6 Å². The van der Waals surface area contributed by atoms with E-state index < -0.39 is 0 Å². The topological polar surface area (TPSA) is 71.6 Å². The molecule has 2 aromatic heterocycles. The van der Waals surface area contributed by atoms with Gasteiger partial charge in [0, 0.05) is 37.2 Å². The minimum atomic E-state index is -0.357. The summed E-state index contributed by atoms with van der Waals surface area (Å²) in [4.78, 5) is 24.5. The van der Waals surface area contributed by atoms with Crippen LogP contribution in [-0.2, 0) is 11.2 Å². The lowest BCUT2D eigenvalue weighted by Gasteiger charge is -2.06. The second-order valence-electron chi connectivity index (χ2n) is 7.59. The van der Waals surface area contributed by atoms with E-state index in [-0.39, 0.29) is 11.8 Å². The first-order chi connectivity index (χ1) is 15.5. The van der Waals surface area contributed by atoms with Crippen molar-refractivity contribution in [2.45, 2.75) is 26.7 Å². The van der Waals surface area contributed by atoms with Crippen molar-refractivity contribution in [1.29, 1.82) is 5.26 Å². The Balaban J connectivity index is 1.65. The molecule has 0 saturated heterocycles. The number of carbonyl (C=O) groups excluding carboxylic acids is 2. The molecule has 0 amide bonds. The molecular weight excluding hydrogens is 400 g/mol. The fraction of sp³-hybridized carbons (Fsp3) is 0.148. The van der Waals surface area contributed by atoms with Gasteiger partial charge in [-0.15, -0.1) is 0 Å². The number of nitrogens with zero attached hydrogens (tertiary/aromatic N) is 2. The second-order valence-corrected chi connectivity index (χ2v) is 7.59. The normalized spacial score (nSPS) is 10.7. The van der Waals surface area contributed by atoms with E-state index in [0.29, 0.717) is 29.7 Å². The lowest BCUT2D eigenvalue weighted by atomic mass is 9.97. The average molecular weight is 422 g/mol.